The summed E-state index contributed by atoms with van der Waals surface area (Å²) in [6, 6.07) is 5.99. The lowest BCUT2D eigenvalue weighted by Gasteiger charge is -2.29. The van der Waals surface area contributed by atoms with E-state index in [0.717, 1.165) is 11.4 Å². The van der Waals surface area contributed by atoms with E-state index in [9.17, 15) is 14.4 Å². The van der Waals surface area contributed by atoms with Crippen LogP contribution in [0.4, 0.5) is 0 Å². The summed E-state index contributed by atoms with van der Waals surface area (Å²) in [5.41, 5.74) is 0.726. The van der Waals surface area contributed by atoms with Crippen LogP contribution in [0.3, 0.4) is 0 Å². The summed E-state index contributed by atoms with van der Waals surface area (Å²) in [6.45, 7) is 8.88. The Hall–Kier alpha value is -1.92. The zero-order valence-electron chi connectivity index (χ0n) is 15.0. The third-order valence-corrected chi connectivity index (χ3v) is 4.14. The Morgan fingerprint density at radius 3 is 2.04 bits per heavy atom. The minimum absolute atomic E-state index is 0. The smallest absolute Gasteiger partial charge is 0.262 e. The first kappa shape index (κ1) is 21.1. The van der Waals surface area contributed by atoms with Crippen LogP contribution in [-0.2, 0) is 4.79 Å². The number of nitrogens with zero attached hydrogens (tertiary/aromatic N) is 1. The molecule has 1 aliphatic heterocycles. The number of carbonyl (C=O) groups is 3. The number of imide groups is 1. The number of benzene rings is 1. The number of likely N-dealkylation sites (N-methyl/N-ethyl adjacent to an activating group) is 1. The number of hydrogen-bond acceptors (Lipinski definition) is 4. The Morgan fingerprint density at radius 1 is 1.08 bits per heavy atom. The number of nitrogens with one attached hydrogen (secondary N) is 2. The average Bonchev–Trinajstić information content (AvgIpc) is 2.79. The summed E-state index contributed by atoms with van der Waals surface area (Å²) in [6.07, 6.45) is 0. The second-order valence-electron chi connectivity index (χ2n) is 6.42. The lowest BCUT2D eigenvalue weighted by Crippen LogP contribution is -2.53. The average molecular weight is 368 g/mol. The summed E-state index contributed by atoms with van der Waals surface area (Å²) < 4.78 is 0. The molecule has 0 aliphatic carbocycles. The van der Waals surface area contributed by atoms with Crippen LogP contribution >= 0.6 is 12.4 Å². The summed E-state index contributed by atoms with van der Waals surface area (Å²) in [5, 5.41) is 6.05. The van der Waals surface area contributed by atoms with E-state index >= 15 is 0 Å². The molecule has 0 fully saturated rings. The molecule has 2 N–H and O–H groups in total. The van der Waals surface area contributed by atoms with Crippen molar-refractivity contribution >= 4 is 30.1 Å². The van der Waals surface area contributed by atoms with Crippen molar-refractivity contribution in [1.82, 2.24) is 15.5 Å². The van der Waals surface area contributed by atoms with Crippen molar-refractivity contribution in [1.29, 1.82) is 0 Å². The van der Waals surface area contributed by atoms with E-state index in [-0.39, 0.29) is 30.3 Å². The molecule has 0 radical (unpaired) electrons. The molecule has 7 heteroatoms. The summed E-state index contributed by atoms with van der Waals surface area (Å²) in [4.78, 5) is 39.0. The Labute approximate surface area is 154 Å². The molecule has 0 saturated carbocycles. The van der Waals surface area contributed by atoms with Crippen LogP contribution in [0.25, 0.3) is 0 Å². The second kappa shape index (κ2) is 8.97. The Bertz CT molecular complexity index is 613. The predicted octanol–water partition coefficient (Wildman–Crippen LogP) is 1.84. The molecule has 0 bridgehead atoms. The normalized spacial score (nSPS) is 15.6. The molecule has 3 amide bonds. The summed E-state index contributed by atoms with van der Waals surface area (Å²) in [5.74, 6) is -1.28. The van der Waals surface area contributed by atoms with Gasteiger partial charge in [0.1, 0.15) is 6.04 Å². The number of hydrogen-bond donors (Lipinski definition) is 2. The first-order chi connectivity index (χ1) is 11.4. The van der Waals surface area contributed by atoms with Crippen molar-refractivity contribution in [3.63, 3.8) is 0 Å². The zero-order chi connectivity index (χ0) is 17.9. The fourth-order valence-electron chi connectivity index (χ4n) is 2.96. The fraction of sp³-hybridized carbons (Fsp3) is 0.500. The topological polar surface area (TPSA) is 78.5 Å². The highest BCUT2D eigenvalue weighted by atomic mass is 35.5. The van der Waals surface area contributed by atoms with Gasteiger partial charge >= 0.3 is 0 Å². The fourth-order valence-corrected chi connectivity index (χ4v) is 2.96. The molecule has 6 nitrogen and oxygen atoms in total. The minimum atomic E-state index is -0.814. The number of fused-ring (bicyclic) bond motifs is 1. The molecule has 2 rings (SSSR count). The third kappa shape index (κ3) is 4.38. The number of amides is 3. The van der Waals surface area contributed by atoms with Crippen LogP contribution in [0.2, 0.25) is 0 Å². The van der Waals surface area contributed by atoms with E-state index in [0.29, 0.717) is 17.7 Å². The van der Waals surface area contributed by atoms with Crippen LogP contribution in [0, 0.1) is 5.92 Å². The summed E-state index contributed by atoms with van der Waals surface area (Å²) in [7, 11) is 0. The highest BCUT2D eigenvalue weighted by Gasteiger charge is 2.43. The van der Waals surface area contributed by atoms with Crippen molar-refractivity contribution in [2.24, 2.45) is 5.92 Å². The third-order valence-electron chi connectivity index (χ3n) is 4.14. The van der Waals surface area contributed by atoms with Gasteiger partial charge in [-0.25, -0.2) is 0 Å². The molecule has 1 aromatic carbocycles. The van der Waals surface area contributed by atoms with Crippen LogP contribution in [0.5, 0.6) is 0 Å². The van der Waals surface area contributed by atoms with Gasteiger partial charge in [-0.3, -0.25) is 19.3 Å². The standard InChI is InChI=1S/C18H25N3O3.ClH/c1-5-19-12(4)10-20-16(22)15(11(2)3)21-17(23)13-8-6-7-9-14(13)18(21)24;/h6-9,11-12,15,19H,5,10H2,1-4H3,(H,20,22);1H/t12-,15?;/m1./s1. The molecule has 1 unspecified atom stereocenters. The van der Waals surface area contributed by atoms with Crippen molar-refractivity contribution in [2.45, 2.75) is 39.8 Å². The molecule has 2 atom stereocenters. The van der Waals surface area contributed by atoms with Gasteiger partial charge in [0.15, 0.2) is 0 Å². The van der Waals surface area contributed by atoms with Gasteiger partial charge in [-0.15, -0.1) is 12.4 Å². The number of carbonyl (C=O) groups excluding carboxylic acids is 3. The van der Waals surface area contributed by atoms with Crippen molar-refractivity contribution in [3.05, 3.63) is 35.4 Å². The Balaban J connectivity index is 0.00000312. The van der Waals surface area contributed by atoms with Gasteiger partial charge in [-0.1, -0.05) is 32.9 Å². The van der Waals surface area contributed by atoms with E-state index in [1.54, 1.807) is 24.3 Å². The van der Waals surface area contributed by atoms with E-state index in [1.807, 2.05) is 27.7 Å². The van der Waals surface area contributed by atoms with Gasteiger partial charge in [-0.2, -0.15) is 0 Å². The monoisotopic (exact) mass is 367 g/mol. The molecule has 1 aliphatic rings. The highest BCUT2D eigenvalue weighted by molar-refractivity contribution is 6.22. The largest absolute Gasteiger partial charge is 0.353 e. The van der Waals surface area contributed by atoms with Gasteiger partial charge in [-0.05, 0) is 31.5 Å². The lowest BCUT2D eigenvalue weighted by molar-refractivity contribution is -0.126. The van der Waals surface area contributed by atoms with Crippen LogP contribution < -0.4 is 10.6 Å². The zero-order valence-corrected chi connectivity index (χ0v) is 15.9. The van der Waals surface area contributed by atoms with Crippen molar-refractivity contribution in [2.75, 3.05) is 13.1 Å². The highest BCUT2D eigenvalue weighted by Crippen LogP contribution is 2.27. The maximum atomic E-state index is 12.6. The first-order valence-corrected chi connectivity index (χ1v) is 8.36. The van der Waals surface area contributed by atoms with Crippen LogP contribution in [0.1, 0.15) is 48.4 Å². The van der Waals surface area contributed by atoms with Crippen molar-refractivity contribution < 1.29 is 14.4 Å². The van der Waals surface area contributed by atoms with Gasteiger partial charge < -0.3 is 10.6 Å². The van der Waals surface area contributed by atoms with Gasteiger partial charge in [0.25, 0.3) is 11.8 Å². The molecule has 1 aromatic rings. The molecule has 0 spiro atoms. The van der Waals surface area contributed by atoms with Gasteiger partial charge in [0, 0.05) is 12.6 Å². The number of halogens is 1. The molecule has 1 heterocycles. The first-order valence-electron chi connectivity index (χ1n) is 8.36. The Morgan fingerprint density at radius 2 is 1.60 bits per heavy atom. The maximum absolute atomic E-state index is 12.6. The van der Waals surface area contributed by atoms with Crippen LogP contribution in [0.15, 0.2) is 24.3 Å². The molecular weight excluding hydrogens is 342 g/mol. The van der Waals surface area contributed by atoms with E-state index < -0.39 is 17.9 Å². The molecule has 138 valence electrons. The second-order valence-corrected chi connectivity index (χ2v) is 6.42. The molecule has 0 saturated heterocycles. The summed E-state index contributed by atoms with van der Waals surface area (Å²) >= 11 is 0. The van der Waals surface area contributed by atoms with E-state index in [4.69, 9.17) is 0 Å². The maximum Gasteiger partial charge on any atom is 0.262 e. The van der Waals surface area contributed by atoms with E-state index in [1.165, 1.54) is 0 Å². The lowest BCUT2D eigenvalue weighted by atomic mass is 10.0. The molecule has 25 heavy (non-hydrogen) atoms. The quantitative estimate of drug-likeness (QED) is 0.721. The van der Waals surface area contributed by atoms with Gasteiger partial charge in [0.2, 0.25) is 5.91 Å². The van der Waals surface area contributed by atoms with Crippen molar-refractivity contribution in [3.8, 4) is 0 Å². The molecular formula is C18H26ClN3O3. The predicted molar refractivity (Wildman–Crippen MR) is 99.0 cm³/mol. The van der Waals surface area contributed by atoms with Gasteiger partial charge in [0.05, 0.1) is 11.1 Å². The van der Waals surface area contributed by atoms with E-state index in [2.05, 4.69) is 10.6 Å². The minimum Gasteiger partial charge on any atom is -0.353 e. The molecule has 0 aromatic heterocycles. The van der Waals surface area contributed by atoms with Crippen LogP contribution in [-0.4, -0.2) is 47.8 Å². The number of rotatable bonds is 7. The Kier molecular flexibility index (Phi) is 7.58. The SMILES string of the molecule is CCN[C@H](C)CNC(=O)C(C(C)C)N1C(=O)c2ccccc2C1=O.Cl.